The first-order valence-electron chi connectivity index (χ1n) is 32.0. The normalized spacial score (nSPS) is 12.6. The molecule has 0 saturated heterocycles. The number of unbranched alkanes of at least 4 members (excludes halogenated alkanes) is 20. The predicted molar refractivity (Wildman–Crippen MR) is 338 cm³/mol. The summed E-state index contributed by atoms with van der Waals surface area (Å²) in [6.07, 6.45) is 29.8. The third kappa shape index (κ3) is 15.2. The van der Waals surface area contributed by atoms with Crippen molar-refractivity contribution in [2.24, 2.45) is 0 Å². The lowest BCUT2D eigenvalue weighted by Gasteiger charge is -2.26. The summed E-state index contributed by atoms with van der Waals surface area (Å²) in [7, 11) is 0. The second-order valence-electron chi connectivity index (χ2n) is 23.1. The summed E-state index contributed by atoms with van der Waals surface area (Å²) in [5.41, 5.74) is 17.7. The van der Waals surface area contributed by atoms with Gasteiger partial charge in [-0.1, -0.05) is 241 Å². The first-order valence-corrected chi connectivity index (χ1v) is 32.0. The molecule has 422 valence electrons. The van der Waals surface area contributed by atoms with Crippen molar-refractivity contribution in [1.29, 1.82) is 0 Å². The van der Waals surface area contributed by atoms with Crippen molar-refractivity contribution in [3.63, 3.8) is 0 Å². The number of fused-ring (bicyclic) bond motifs is 6. The summed E-state index contributed by atoms with van der Waals surface area (Å²) < 4.78 is 26.4. The van der Waals surface area contributed by atoms with E-state index in [2.05, 4.69) is 173 Å². The van der Waals surface area contributed by atoms with Crippen LogP contribution < -0.4 is 18.9 Å². The average Bonchev–Trinajstić information content (AvgIpc) is 4.00. The van der Waals surface area contributed by atoms with E-state index in [0.717, 1.165) is 75.1 Å². The molecule has 0 bridgehead atoms. The molecule has 0 unspecified atom stereocenters. The van der Waals surface area contributed by atoms with Crippen molar-refractivity contribution < 1.29 is 18.9 Å². The number of hydrogen-bond donors (Lipinski definition) is 0. The van der Waals surface area contributed by atoms with Crippen molar-refractivity contribution in [3.8, 4) is 67.5 Å². The summed E-state index contributed by atoms with van der Waals surface area (Å²) in [5.74, 6) is 3.72. The van der Waals surface area contributed by atoms with Crippen LogP contribution in [-0.2, 0) is 0 Å². The monoisotopic (exact) mass is 1070 g/mol. The van der Waals surface area contributed by atoms with Gasteiger partial charge in [0.2, 0.25) is 0 Å². The van der Waals surface area contributed by atoms with E-state index in [1.807, 2.05) is 0 Å². The SMILES string of the molecule is CCCCCCCCOc1ccc2c(c1)-c1cc(OCCCCCCCC)ccc1C2c1cc(-c2ccccc2)c(C2c3ccc(OCCCCCCCC)cc3-c3cc(OCCCCCCCC)ccc32)cc1-c1ccccc1. The molecule has 0 aliphatic heterocycles. The van der Waals surface area contributed by atoms with Crippen molar-refractivity contribution in [2.45, 2.75) is 194 Å². The van der Waals surface area contributed by atoms with E-state index in [4.69, 9.17) is 18.9 Å². The van der Waals surface area contributed by atoms with Gasteiger partial charge in [0.25, 0.3) is 0 Å². The number of benzene rings is 7. The smallest absolute Gasteiger partial charge is 0.119 e. The van der Waals surface area contributed by atoms with Gasteiger partial charge in [-0.15, -0.1) is 0 Å². The quantitative estimate of drug-likeness (QED) is 0.0367. The van der Waals surface area contributed by atoms with Gasteiger partial charge < -0.3 is 18.9 Å². The summed E-state index contributed by atoms with van der Waals surface area (Å²) in [5, 5.41) is 0. The Morgan fingerprint density at radius 2 is 0.487 bits per heavy atom. The maximum Gasteiger partial charge on any atom is 0.119 e. The van der Waals surface area contributed by atoms with E-state index >= 15 is 0 Å². The molecule has 0 atom stereocenters. The molecule has 0 fully saturated rings. The minimum absolute atomic E-state index is 0.0206. The molecular weight excluding hydrogens is 977 g/mol. The molecule has 0 amide bonds. The third-order valence-electron chi connectivity index (χ3n) is 17.0. The molecule has 7 aromatic rings. The van der Waals surface area contributed by atoms with Crippen LogP contribution in [0.5, 0.6) is 23.0 Å². The molecule has 0 aromatic heterocycles. The highest BCUT2D eigenvalue weighted by molar-refractivity contribution is 5.89. The lowest BCUT2D eigenvalue weighted by atomic mass is 9.77. The standard InChI is InChI=1S/C76H94O4/c1-5-9-13-17-21-31-47-77-59-39-43-63-69(51-59)70-52-60(78-48-32-22-18-14-10-6-2)40-44-64(70)75(63)73-55-68(58-37-29-26-30-38-58)74(56-67(73)57-35-27-25-28-36-57)76-65-45-41-61(79-49-33-23-19-15-11-7-3)53-71(65)72-54-62(42-46-66(72)76)80-50-34-24-20-16-12-8-4/h25-30,35-46,51-56,75-76H,5-24,31-34,47-50H2,1-4H3. The second-order valence-corrected chi connectivity index (χ2v) is 23.1. The Morgan fingerprint density at radius 3 is 0.750 bits per heavy atom. The molecular formula is C76H94O4. The summed E-state index contributed by atoms with van der Waals surface area (Å²) in [6.45, 7) is 12.1. The lowest BCUT2D eigenvalue weighted by molar-refractivity contribution is 0.304. The highest BCUT2D eigenvalue weighted by Gasteiger charge is 2.37. The number of hydrogen-bond acceptors (Lipinski definition) is 4. The average molecular weight is 1070 g/mol. The minimum Gasteiger partial charge on any atom is -0.494 e. The molecule has 2 aliphatic carbocycles. The summed E-state index contributed by atoms with van der Waals surface area (Å²) >= 11 is 0. The fourth-order valence-electron chi connectivity index (χ4n) is 12.6. The maximum atomic E-state index is 6.59. The van der Waals surface area contributed by atoms with E-state index in [1.165, 1.54) is 206 Å². The molecule has 0 spiro atoms. The lowest BCUT2D eigenvalue weighted by Crippen LogP contribution is -2.08. The Hall–Kier alpha value is -6.26. The van der Waals surface area contributed by atoms with Crippen LogP contribution in [-0.4, -0.2) is 26.4 Å². The van der Waals surface area contributed by atoms with Crippen molar-refractivity contribution >= 4 is 0 Å². The van der Waals surface area contributed by atoms with E-state index in [1.54, 1.807) is 0 Å². The molecule has 0 heterocycles. The Labute approximate surface area is 483 Å². The molecule has 80 heavy (non-hydrogen) atoms. The first-order chi connectivity index (χ1) is 39.6. The first kappa shape index (κ1) is 58.4. The van der Waals surface area contributed by atoms with Crippen LogP contribution in [0.25, 0.3) is 44.5 Å². The third-order valence-corrected chi connectivity index (χ3v) is 17.0. The van der Waals surface area contributed by atoms with Crippen LogP contribution in [0, 0.1) is 0 Å². The van der Waals surface area contributed by atoms with E-state index < -0.39 is 0 Å². The van der Waals surface area contributed by atoms with Gasteiger partial charge >= 0.3 is 0 Å². The van der Waals surface area contributed by atoms with Crippen LogP contribution >= 0.6 is 0 Å². The number of rotatable bonds is 36. The zero-order valence-electron chi connectivity index (χ0n) is 49.4. The van der Waals surface area contributed by atoms with Gasteiger partial charge in [0.1, 0.15) is 23.0 Å². The minimum atomic E-state index is -0.0206. The fraction of sp³-hybridized carbons (Fsp3) is 0.447. The molecule has 0 radical (unpaired) electrons. The summed E-state index contributed by atoms with van der Waals surface area (Å²) in [6, 6.07) is 55.0. The van der Waals surface area contributed by atoms with Crippen LogP contribution in [0.1, 0.15) is 227 Å². The van der Waals surface area contributed by atoms with Gasteiger partial charge in [0, 0.05) is 11.8 Å². The second kappa shape index (κ2) is 31.1. The summed E-state index contributed by atoms with van der Waals surface area (Å²) in [4.78, 5) is 0. The van der Waals surface area contributed by atoms with Gasteiger partial charge in [-0.3, -0.25) is 0 Å². The van der Waals surface area contributed by atoms with Gasteiger partial charge in [-0.25, -0.2) is 0 Å². The zero-order chi connectivity index (χ0) is 55.1. The molecule has 7 aromatic carbocycles. The molecule has 4 heteroatoms. The van der Waals surface area contributed by atoms with Crippen molar-refractivity contribution in [1.82, 2.24) is 0 Å². The molecule has 0 N–H and O–H groups in total. The highest BCUT2D eigenvalue weighted by Crippen LogP contribution is 2.56. The van der Waals surface area contributed by atoms with Crippen LogP contribution in [0.3, 0.4) is 0 Å². The van der Waals surface area contributed by atoms with Gasteiger partial charge in [0.15, 0.2) is 0 Å². The Morgan fingerprint density at radius 1 is 0.237 bits per heavy atom. The maximum absolute atomic E-state index is 6.59. The Balaban J connectivity index is 1.13. The predicted octanol–water partition coefficient (Wildman–Crippen LogP) is 22.3. The molecule has 2 aliphatic rings. The molecule has 4 nitrogen and oxygen atoms in total. The van der Waals surface area contributed by atoms with Crippen LogP contribution in [0.4, 0.5) is 0 Å². The Bertz CT molecular complexity index is 2640. The van der Waals surface area contributed by atoms with E-state index in [0.29, 0.717) is 0 Å². The largest absolute Gasteiger partial charge is 0.494 e. The van der Waals surface area contributed by atoms with E-state index in [-0.39, 0.29) is 11.8 Å². The topological polar surface area (TPSA) is 36.9 Å². The number of ether oxygens (including phenoxy) is 4. The fourth-order valence-corrected chi connectivity index (χ4v) is 12.6. The van der Waals surface area contributed by atoms with Gasteiger partial charge in [0.05, 0.1) is 26.4 Å². The highest BCUT2D eigenvalue weighted by atomic mass is 16.5. The van der Waals surface area contributed by atoms with Crippen molar-refractivity contribution in [3.05, 3.63) is 179 Å². The molecule has 9 rings (SSSR count). The zero-order valence-corrected chi connectivity index (χ0v) is 49.4. The van der Waals surface area contributed by atoms with Crippen molar-refractivity contribution in [2.75, 3.05) is 26.4 Å². The van der Waals surface area contributed by atoms with E-state index in [9.17, 15) is 0 Å². The van der Waals surface area contributed by atoms with Crippen LogP contribution in [0.15, 0.2) is 146 Å². The molecule has 0 saturated carbocycles. The van der Waals surface area contributed by atoms with Gasteiger partial charge in [-0.05, 0) is 164 Å². The Kier molecular flexibility index (Phi) is 22.7. The van der Waals surface area contributed by atoms with Crippen LogP contribution in [0.2, 0.25) is 0 Å². The van der Waals surface area contributed by atoms with Gasteiger partial charge in [-0.2, -0.15) is 0 Å².